The molecule has 1 saturated heterocycles. The summed E-state index contributed by atoms with van der Waals surface area (Å²) in [5.74, 6) is -0.0653. The van der Waals surface area contributed by atoms with Gasteiger partial charge in [-0.3, -0.25) is 0 Å². The Morgan fingerprint density at radius 1 is 1.20 bits per heavy atom. The maximum absolute atomic E-state index is 12.9. The van der Waals surface area contributed by atoms with E-state index in [0.29, 0.717) is 12.2 Å². The number of likely N-dealkylation sites (tertiary alicyclic amines) is 1. The molecule has 2 rings (SSSR count). The molecular weight excluding hydrogens is 267 g/mol. The fraction of sp³-hybridized carbons (Fsp3) is 0.600. The number of benzene rings is 1. The molecule has 0 aromatic heterocycles. The van der Waals surface area contributed by atoms with Crippen molar-refractivity contribution in [1.29, 1.82) is 0 Å². The molecule has 20 heavy (non-hydrogen) atoms. The van der Waals surface area contributed by atoms with Crippen LogP contribution in [0.3, 0.4) is 0 Å². The molecule has 0 radical (unpaired) electrons. The highest BCUT2D eigenvalue weighted by Gasteiger charge is 2.34. The van der Waals surface area contributed by atoms with Crippen molar-refractivity contribution >= 4 is 0 Å². The first kappa shape index (κ1) is 15.2. The predicted molar refractivity (Wildman–Crippen MR) is 72.0 cm³/mol. The molecule has 1 heterocycles. The van der Waals surface area contributed by atoms with Gasteiger partial charge < -0.3 is 9.64 Å². The number of rotatable bonds is 5. The van der Waals surface area contributed by atoms with Gasteiger partial charge in [0.05, 0.1) is 12.2 Å². The van der Waals surface area contributed by atoms with Gasteiger partial charge in [0.15, 0.2) is 0 Å². The van der Waals surface area contributed by atoms with E-state index >= 15 is 0 Å². The first-order chi connectivity index (χ1) is 9.47. The Hall–Kier alpha value is -1.23. The molecular formula is C15H20F3NO. The van der Waals surface area contributed by atoms with Gasteiger partial charge in [-0.1, -0.05) is 11.6 Å². The maximum Gasteiger partial charge on any atom is 0.419 e. The van der Waals surface area contributed by atoms with Crippen molar-refractivity contribution in [3.63, 3.8) is 0 Å². The van der Waals surface area contributed by atoms with Crippen LogP contribution in [-0.2, 0) is 6.18 Å². The molecule has 0 amide bonds. The number of alkyl halides is 3. The zero-order chi connectivity index (χ0) is 14.6. The Bertz CT molecular complexity index is 439. The minimum Gasteiger partial charge on any atom is -0.493 e. The van der Waals surface area contributed by atoms with Crippen molar-refractivity contribution in [2.45, 2.75) is 32.4 Å². The molecule has 1 aromatic carbocycles. The Morgan fingerprint density at radius 2 is 1.90 bits per heavy atom. The molecule has 0 N–H and O–H groups in total. The van der Waals surface area contributed by atoms with Gasteiger partial charge in [-0.15, -0.1) is 0 Å². The molecule has 0 atom stereocenters. The summed E-state index contributed by atoms with van der Waals surface area (Å²) in [6.07, 6.45) is -1.17. The Kier molecular flexibility index (Phi) is 4.91. The largest absolute Gasteiger partial charge is 0.493 e. The molecule has 0 unspecified atom stereocenters. The molecule has 0 spiro atoms. The zero-order valence-electron chi connectivity index (χ0n) is 11.7. The average Bonchev–Trinajstić information content (AvgIpc) is 2.88. The van der Waals surface area contributed by atoms with Gasteiger partial charge >= 0.3 is 6.18 Å². The van der Waals surface area contributed by atoms with E-state index in [1.807, 2.05) is 0 Å². The monoisotopic (exact) mass is 287 g/mol. The van der Waals surface area contributed by atoms with Crippen LogP contribution in [0.5, 0.6) is 5.75 Å². The molecule has 112 valence electrons. The smallest absolute Gasteiger partial charge is 0.419 e. The van der Waals surface area contributed by atoms with Crippen LogP contribution >= 0.6 is 0 Å². The van der Waals surface area contributed by atoms with Crippen LogP contribution in [0.1, 0.15) is 30.4 Å². The second-order valence-electron chi connectivity index (χ2n) is 5.25. The fourth-order valence-corrected chi connectivity index (χ4v) is 2.47. The van der Waals surface area contributed by atoms with Crippen molar-refractivity contribution in [1.82, 2.24) is 4.90 Å². The van der Waals surface area contributed by atoms with Crippen LogP contribution in [0.2, 0.25) is 0 Å². The zero-order valence-corrected chi connectivity index (χ0v) is 11.7. The summed E-state index contributed by atoms with van der Waals surface area (Å²) in [6, 6.07) is 4.19. The molecule has 1 fully saturated rings. The van der Waals surface area contributed by atoms with E-state index < -0.39 is 11.7 Å². The number of nitrogens with zero attached hydrogens (tertiary/aromatic N) is 1. The standard InChI is InChI=1S/C15H20F3NO/c1-12-5-6-14(13(11-12)15(16,17)18)20-10-4-9-19-7-2-3-8-19/h5-6,11H,2-4,7-10H2,1H3. The van der Waals surface area contributed by atoms with Crippen LogP contribution in [0, 0.1) is 6.92 Å². The summed E-state index contributed by atoms with van der Waals surface area (Å²) in [6.45, 7) is 5.05. The van der Waals surface area contributed by atoms with Gasteiger partial charge in [0.1, 0.15) is 5.75 Å². The highest BCUT2D eigenvalue weighted by Crippen LogP contribution is 2.36. The second-order valence-corrected chi connectivity index (χ2v) is 5.25. The van der Waals surface area contributed by atoms with Crippen molar-refractivity contribution in [2.75, 3.05) is 26.2 Å². The van der Waals surface area contributed by atoms with Crippen LogP contribution in [0.4, 0.5) is 13.2 Å². The first-order valence-corrected chi connectivity index (χ1v) is 7.00. The Morgan fingerprint density at radius 3 is 2.55 bits per heavy atom. The maximum atomic E-state index is 12.9. The van der Waals surface area contributed by atoms with Crippen LogP contribution in [0.25, 0.3) is 0 Å². The molecule has 1 aliphatic heterocycles. The number of halogens is 3. The first-order valence-electron chi connectivity index (χ1n) is 7.00. The third-order valence-corrected chi connectivity index (χ3v) is 3.52. The van der Waals surface area contributed by atoms with Gasteiger partial charge in [-0.25, -0.2) is 0 Å². The predicted octanol–water partition coefficient (Wildman–Crippen LogP) is 3.88. The lowest BCUT2D eigenvalue weighted by Crippen LogP contribution is -2.22. The lowest BCUT2D eigenvalue weighted by atomic mass is 10.1. The lowest BCUT2D eigenvalue weighted by Gasteiger charge is -2.17. The number of hydrogen-bond acceptors (Lipinski definition) is 2. The van der Waals surface area contributed by atoms with Gasteiger partial charge in [0, 0.05) is 6.54 Å². The minimum atomic E-state index is -4.36. The van der Waals surface area contributed by atoms with Crippen molar-refractivity contribution in [3.8, 4) is 5.75 Å². The molecule has 0 saturated carbocycles. The molecule has 0 bridgehead atoms. The summed E-state index contributed by atoms with van der Waals surface area (Å²) in [7, 11) is 0. The second kappa shape index (κ2) is 6.48. The Balaban J connectivity index is 1.88. The summed E-state index contributed by atoms with van der Waals surface area (Å²) in [5.41, 5.74) is -0.0968. The third-order valence-electron chi connectivity index (χ3n) is 3.52. The van der Waals surface area contributed by atoms with E-state index in [-0.39, 0.29) is 5.75 Å². The van der Waals surface area contributed by atoms with E-state index in [4.69, 9.17) is 4.74 Å². The minimum absolute atomic E-state index is 0.0653. The summed E-state index contributed by atoms with van der Waals surface area (Å²) < 4.78 is 44.0. The number of hydrogen-bond donors (Lipinski definition) is 0. The van der Waals surface area contributed by atoms with Gasteiger partial charge in [0.25, 0.3) is 0 Å². The highest BCUT2D eigenvalue weighted by molar-refractivity contribution is 5.38. The molecule has 1 aromatic rings. The summed E-state index contributed by atoms with van der Waals surface area (Å²) in [4.78, 5) is 2.32. The van der Waals surface area contributed by atoms with Crippen molar-refractivity contribution in [3.05, 3.63) is 29.3 Å². The topological polar surface area (TPSA) is 12.5 Å². The van der Waals surface area contributed by atoms with Gasteiger partial charge in [0.2, 0.25) is 0 Å². The van der Waals surface area contributed by atoms with E-state index in [1.165, 1.54) is 18.9 Å². The molecule has 2 nitrogen and oxygen atoms in total. The van der Waals surface area contributed by atoms with Crippen LogP contribution in [0.15, 0.2) is 18.2 Å². The van der Waals surface area contributed by atoms with E-state index in [9.17, 15) is 13.2 Å². The van der Waals surface area contributed by atoms with E-state index in [2.05, 4.69) is 4.90 Å². The summed E-state index contributed by atoms with van der Waals surface area (Å²) in [5, 5.41) is 0. The lowest BCUT2D eigenvalue weighted by molar-refractivity contribution is -0.139. The average molecular weight is 287 g/mol. The third kappa shape index (κ3) is 4.13. The summed E-state index contributed by atoms with van der Waals surface area (Å²) >= 11 is 0. The quantitative estimate of drug-likeness (QED) is 0.762. The number of aryl methyl sites for hydroxylation is 1. The normalized spacial score (nSPS) is 16.6. The highest BCUT2D eigenvalue weighted by atomic mass is 19.4. The van der Waals surface area contributed by atoms with Gasteiger partial charge in [-0.05, 0) is 51.4 Å². The molecule has 1 aliphatic rings. The van der Waals surface area contributed by atoms with Crippen LogP contribution < -0.4 is 4.74 Å². The number of ether oxygens (including phenoxy) is 1. The van der Waals surface area contributed by atoms with Crippen LogP contribution in [-0.4, -0.2) is 31.1 Å². The fourth-order valence-electron chi connectivity index (χ4n) is 2.47. The van der Waals surface area contributed by atoms with E-state index in [1.54, 1.807) is 13.0 Å². The van der Waals surface area contributed by atoms with Crippen molar-refractivity contribution in [2.24, 2.45) is 0 Å². The Labute approximate surface area is 117 Å². The van der Waals surface area contributed by atoms with E-state index in [0.717, 1.165) is 32.1 Å². The SMILES string of the molecule is Cc1ccc(OCCCN2CCCC2)c(C(F)(F)F)c1. The van der Waals surface area contributed by atoms with Crippen molar-refractivity contribution < 1.29 is 17.9 Å². The van der Waals surface area contributed by atoms with Gasteiger partial charge in [-0.2, -0.15) is 13.2 Å². The molecule has 0 aliphatic carbocycles. The molecule has 5 heteroatoms.